The van der Waals surface area contributed by atoms with E-state index in [1.807, 2.05) is 19.3 Å². The molecular weight excluding hydrogens is 402 g/mol. The quantitative estimate of drug-likeness (QED) is 0.750. The second kappa shape index (κ2) is 7.84. The van der Waals surface area contributed by atoms with Gasteiger partial charge in [0.15, 0.2) is 0 Å². The van der Waals surface area contributed by atoms with Crippen molar-refractivity contribution in [2.45, 2.75) is 50.7 Å². The molecule has 9 heteroatoms. The van der Waals surface area contributed by atoms with Crippen LogP contribution in [0.3, 0.4) is 0 Å². The zero-order valence-corrected chi connectivity index (χ0v) is 18.3. The van der Waals surface area contributed by atoms with Gasteiger partial charge in [-0.05, 0) is 51.0 Å². The second-order valence-electron chi connectivity index (χ2n) is 9.02. The molecule has 0 aromatic carbocycles. The van der Waals surface area contributed by atoms with Crippen molar-refractivity contribution in [1.82, 2.24) is 14.3 Å². The zero-order chi connectivity index (χ0) is 21.5. The Balaban J connectivity index is 1.42. The van der Waals surface area contributed by atoms with Gasteiger partial charge in [0.2, 0.25) is 10.0 Å². The summed E-state index contributed by atoms with van der Waals surface area (Å²) in [6, 6.07) is 4.45. The van der Waals surface area contributed by atoms with E-state index in [-0.39, 0.29) is 24.3 Å². The molecule has 0 spiro atoms. The molecule has 0 amide bonds. The van der Waals surface area contributed by atoms with Crippen LogP contribution in [0.2, 0.25) is 0 Å². The van der Waals surface area contributed by atoms with Crippen LogP contribution in [0, 0.1) is 17.2 Å². The van der Waals surface area contributed by atoms with Crippen molar-refractivity contribution < 1.29 is 13.5 Å². The number of β-amino-alcohol motifs (C(OH)–C–C–N with tert-alkyl or cyclic N) is 1. The van der Waals surface area contributed by atoms with E-state index in [1.165, 1.54) is 4.31 Å². The first-order valence-electron chi connectivity index (χ1n) is 10.5. The summed E-state index contributed by atoms with van der Waals surface area (Å²) >= 11 is 0. The average Bonchev–Trinajstić information content (AvgIpc) is 3.33. The topological polar surface area (TPSA) is 113 Å². The molecule has 2 aromatic heterocycles. The van der Waals surface area contributed by atoms with Gasteiger partial charge in [-0.2, -0.15) is 9.57 Å². The Morgan fingerprint density at radius 2 is 2.13 bits per heavy atom. The highest BCUT2D eigenvalue weighted by molar-refractivity contribution is 7.89. The lowest BCUT2D eigenvalue weighted by atomic mass is 9.86. The molecule has 2 fully saturated rings. The van der Waals surface area contributed by atoms with Crippen LogP contribution in [0.15, 0.2) is 18.5 Å². The number of rotatable bonds is 5. The first-order chi connectivity index (χ1) is 14.2. The molecule has 0 radical (unpaired) electrons. The minimum absolute atomic E-state index is 0.130. The number of nitrogens with one attached hydrogen (secondary N) is 1. The van der Waals surface area contributed by atoms with Crippen LogP contribution in [0.5, 0.6) is 0 Å². The summed E-state index contributed by atoms with van der Waals surface area (Å²) in [6.45, 7) is 2.29. The molecule has 2 aromatic rings. The Hall–Kier alpha value is -2.15. The minimum atomic E-state index is -3.35. The molecule has 3 heterocycles. The van der Waals surface area contributed by atoms with Crippen LogP contribution in [0.4, 0.5) is 5.69 Å². The normalized spacial score (nSPS) is 27.9. The van der Waals surface area contributed by atoms with Crippen LogP contribution in [-0.4, -0.2) is 65.3 Å². The molecule has 162 valence electrons. The van der Waals surface area contributed by atoms with Gasteiger partial charge in [0.05, 0.1) is 22.6 Å². The fraction of sp³-hybridized carbons (Fsp3) is 0.619. The Labute approximate surface area is 177 Å². The molecule has 1 atom stereocenters. The number of H-pyrrole nitrogens is 1. The number of aromatic amines is 1. The van der Waals surface area contributed by atoms with Crippen LogP contribution >= 0.6 is 0 Å². The van der Waals surface area contributed by atoms with Crippen molar-refractivity contribution in [3.63, 3.8) is 0 Å². The van der Waals surface area contributed by atoms with Gasteiger partial charge in [-0.15, -0.1) is 0 Å². The molecule has 1 saturated carbocycles. The zero-order valence-electron chi connectivity index (χ0n) is 17.5. The molecule has 2 N–H and O–H groups in total. The SMILES string of the molecule is CN(c1c(C#N)cnc2[nH]ccc12)C1CCC(CS(=O)(=O)N2CCC(C)(O)C2)CC1. The van der Waals surface area contributed by atoms with Crippen molar-refractivity contribution in [2.24, 2.45) is 5.92 Å². The molecule has 8 nitrogen and oxygen atoms in total. The van der Waals surface area contributed by atoms with Crippen molar-refractivity contribution in [3.8, 4) is 6.07 Å². The van der Waals surface area contributed by atoms with Crippen LogP contribution in [0.1, 0.15) is 44.6 Å². The lowest BCUT2D eigenvalue weighted by molar-refractivity contribution is 0.0762. The van der Waals surface area contributed by atoms with Crippen LogP contribution in [-0.2, 0) is 10.0 Å². The molecule has 1 aliphatic carbocycles. The number of hydrogen-bond donors (Lipinski definition) is 2. The third kappa shape index (κ3) is 4.04. The number of fused-ring (bicyclic) bond motifs is 1. The highest BCUT2D eigenvalue weighted by atomic mass is 32.2. The lowest BCUT2D eigenvalue weighted by Gasteiger charge is -2.36. The van der Waals surface area contributed by atoms with Gasteiger partial charge >= 0.3 is 0 Å². The fourth-order valence-electron chi connectivity index (χ4n) is 4.88. The van der Waals surface area contributed by atoms with Gasteiger partial charge in [0, 0.05) is 44.0 Å². The van der Waals surface area contributed by atoms with E-state index >= 15 is 0 Å². The minimum Gasteiger partial charge on any atom is -0.389 e. The number of anilines is 1. The van der Waals surface area contributed by atoms with E-state index in [4.69, 9.17) is 0 Å². The standard InChI is InChI=1S/C21H29N5O3S/c1-21(27)8-10-26(14-21)30(28,29)13-15-3-5-17(6-4-15)25(2)19-16(11-22)12-24-20-18(19)7-9-23-20/h7,9,12,15,17,27H,3-6,8,10,13-14H2,1-2H3,(H,23,24). The Morgan fingerprint density at radius 1 is 1.40 bits per heavy atom. The van der Waals surface area contributed by atoms with E-state index in [1.54, 1.807) is 13.1 Å². The van der Waals surface area contributed by atoms with E-state index in [2.05, 4.69) is 20.9 Å². The van der Waals surface area contributed by atoms with Crippen molar-refractivity contribution in [2.75, 3.05) is 30.8 Å². The van der Waals surface area contributed by atoms with Crippen molar-refractivity contribution >= 4 is 26.7 Å². The Morgan fingerprint density at radius 3 is 2.77 bits per heavy atom. The maximum Gasteiger partial charge on any atom is 0.214 e. The van der Waals surface area contributed by atoms with Gasteiger partial charge < -0.3 is 15.0 Å². The third-order valence-electron chi connectivity index (χ3n) is 6.65. The third-order valence-corrected chi connectivity index (χ3v) is 8.64. The predicted octanol–water partition coefficient (Wildman–Crippen LogP) is 2.22. The first kappa shape index (κ1) is 21.1. The number of sulfonamides is 1. The Bertz CT molecular complexity index is 1060. The second-order valence-corrected chi connectivity index (χ2v) is 11.0. The summed E-state index contributed by atoms with van der Waals surface area (Å²) in [4.78, 5) is 9.57. The molecule has 0 bridgehead atoms. The lowest BCUT2D eigenvalue weighted by Crippen LogP contribution is -2.40. The predicted molar refractivity (Wildman–Crippen MR) is 116 cm³/mol. The maximum absolute atomic E-state index is 12.8. The van der Waals surface area contributed by atoms with Gasteiger partial charge in [0.1, 0.15) is 11.7 Å². The van der Waals surface area contributed by atoms with Gasteiger partial charge in [0.25, 0.3) is 0 Å². The van der Waals surface area contributed by atoms with Gasteiger partial charge in [-0.3, -0.25) is 0 Å². The number of nitriles is 1. The van der Waals surface area contributed by atoms with Crippen LogP contribution in [0.25, 0.3) is 11.0 Å². The number of aromatic nitrogens is 2. The summed E-state index contributed by atoms with van der Waals surface area (Å²) < 4.78 is 27.0. The molecule has 1 unspecified atom stereocenters. The summed E-state index contributed by atoms with van der Waals surface area (Å²) in [5.41, 5.74) is 1.28. The van der Waals surface area contributed by atoms with E-state index in [0.29, 0.717) is 18.5 Å². The summed E-state index contributed by atoms with van der Waals surface area (Å²) in [5, 5.41) is 20.6. The Kier molecular flexibility index (Phi) is 5.51. The molecule has 1 aliphatic heterocycles. The summed E-state index contributed by atoms with van der Waals surface area (Å²) in [5.74, 6) is 0.283. The van der Waals surface area contributed by atoms with E-state index < -0.39 is 15.6 Å². The number of pyridine rings is 1. The summed E-state index contributed by atoms with van der Waals surface area (Å²) in [6.07, 6.45) is 7.36. The number of hydrogen-bond acceptors (Lipinski definition) is 6. The number of nitrogens with zero attached hydrogens (tertiary/aromatic N) is 4. The highest BCUT2D eigenvalue weighted by Gasteiger charge is 2.39. The maximum atomic E-state index is 12.8. The monoisotopic (exact) mass is 431 g/mol. The van der Waals surface area contributed by atoms with Crippen molar-refractivity contribution in [1.29, 1.82) is 5.26 Å². The number of aliphatic hydroxyl groups is 1. The highest BCUT2D eigenvalue weighted by Crippen LogP contribution is 2.35. The average molecular weight is 432 g/mol. The molecule has 4 rings (SSSR count). The summed E-state index contributed by atoms with van der Waals surface area (Å²) in [7, 11) is -1.34. The molecule has 30 heavy (non-hydrogen) atoms. The molecule has 1 saturated heterocycles. The molecule has 2 aliphatic rings. The van der Waals surface area contributed by atoms with Gasteiger partial charge in [-0.25, -0.2) is 13.4 Å². The first-order valence-corrected chi connectivity index (χ1v) is 12.1. The largest absolute Gasteiger partial charge is 0.389 e. The fourth-order valence-corrected chi connectivity index (χ4v) is 6.87. The van der Waals surface area contributed by atoms with Crippen molar-refractivity contribution in [3.05, 3.63) is 24.0 Å². The van der Waals surface area contributed by atoms with E-state index in [9.17, 15) is 18.8 Å². The van der Waals surface area contributed by atoms with Crippen LogP contribution < -0.4 is 4.90 Å². The smallest absolute Gasteiger partial charge is 0.214 e. The van der Waals surface area contributed by atoms with E-state index in [0.717, 1.165) is 42.4 Å². The molecular formula is C21H29N5O3S. The van der Waals surface area contributed by atoms with Gasteiger partial charge in [-0.1, -0.05) is 0 Å².